The molecule has 1 aliphatic rings. The predicted molar refractivity (Wildman–Crippen MR) is 73.4 cm³/mol. The molecule has 0 radical (unpaired) electrons. The summed E-state index contributed by atoms with van der Waals surface area (Å²) in [5, 5.41) is 7.09. The molecule has 0 aromatic carbocycles. The van der Waals surface area contributed by atoms with E-state index in [4.69, 9.17) is 0 Å². The van der Waals surface area contributed by atoms with Crippen molar-refractivity contribution in [1.82, 2.24) is 15.2 Å². The van der Waals surface area contributed by atoms with Crippen molar-refractivity contribution in [3.63, 3.8) is 0 Å². The largest absolute Gasteiger partial charge is 0.309 e. The minimum atomic E-state index is 0.324. The molecule has 2 rings (SSSR count). The summed E-state index contributed by atoms with van der Waals surface area (Å²) in [5.41, 5.74) is 1.47. The third-order valence-electron chi connectivity index (χ3n) is 3.83. The molecule has 3 nitrogen and oxygen atoms in total. The molecule has 0 unspecified atom stereocenters. The number of hydrogen-bond donors (Lipinski definition) is 1. The lowest BCUT2D eigenvalue weighted by atomic mass is 9.90. The van der Waals surface area contributed by atoms with E-state index in [1.807, 2.05) is 0 Å². The first-order valence-electron chi connectivity index (χ1n) is 6.56. The van der Waals surface area contributed by atoms with Gasteiger partial charge in [-0.15, -0.1) is 11.3 Å². The van der Waals surface area contributed by atoms with E-state index in [1.165, 1.54) is 17.8 Å². The van der Waals surface area contributed by atoms with Crippen LogP contribution in [0.15, 0.2) is 5.38 Å². The van der Waals surface area contributed by atoms with Gasteiger partial charge in [-0.3, -0.25) is 4.90 Å². The summed E-state index contributed by atoms with van der Waals surface area (Å²) in [7, 11) is 0. The number of nitrogens with one attached hydrogen (secondary N) is 1. The third kappa shape index (κ3) is 3.06. The molecule has 1 fully saturated rings. The second kappa shape index (κ2) is 5.46. The van der Waals surface area contributed by atoms with Crippen LogP contribution in [0.3, 0.4) is 0 Å². The quantitative estimate of drug-likeness (QED) is 0.893. The van der Waals surface area contributed by atoms with Crippen molar-refractivity contribution in [3.05, 3.63) is 16.1 Å². The van der Waals surface area contributed by atoms with Crippen molar-refractivity contribution in [2.24, 2.45) is 0 Å². The lowest BCUT2D eigenvalue weighted by molar-refractivity contribution is 0.118. The highest BCUT2D eigenvalue weighted by Crippen LogP contribution is 2.22. The molecule has 0 amide bonds. The molecule has 0 atom stereocenters. The molecule has 2 heterocycles. The molecule has 1 aliphatic heterocycles. The maximum atomic E-state index is 4.56. The van der Waals surface area contributed by atoms with Crippen LogP contribution in [-0.2, 0) is 6.54 Å². The molecule has 0 bridgehead atoms. The van der Waals surface area contributed by atoms with E-state index in [1.54, 1.807) is 11.3 Å². The van der Waals surface area contributed by atoms with Crippen molar-refractivity contribution in [2.45, 2.75) is 45.7 Å². The van der Waals surface area contributed by atoms with E-state index < -0.39 is 0 Å². The first kappa shape index (κ1) is 13.0. The molecule has 0 saturated carbocycles. The maximum Gasteiger partial charge on any atom is 0.107 e. The van der Waals surface area contributed by atoms with Gasteiger partial charge in [0, 0.05) is 36.2 Å². The van der Waals surface area contributed by atoms with Gasteiger partial charge in [0.1, 0.15) is 5.01 Å². The summed E-state index contributed by atoms with van der Waals surface area (Å²) in [4.78, 5) is 7.10. The van der Waals surface area contributed by atoms with E-state index >= 15 is 0 Å². The van der Waals surface area contributed by atoms with E-state index in [2.05, 4.69) is 41.4 Å². The molecule has 1 aromatic heterocycles. The minimum absolute atomic E-state index is 0.324. The Bertz CT molecular complexity index is 357. The highest BCUT2D eigenvalue weighted by molar-refractivity contribution is 7.09. The Labute approximate surface area is 108 Å². The van der Waals surface area contributed by atoms with Gasteiger partial charge in [-0.25, -0.2) is 4.98 Å². The fourth-order valence-electron chi connectivity index (χ4n) is 2.57. The molecule has 0 spiro atoms. The van der Waals surface area contributed by atoms with Gasteiger partial charge < -0.3 is 5.32 Å². The highest BCUT2D eigenvalue weighted by Gasteiger charge is 2.31. The zero-order valence-electron chi connectivity index (χ0n) is 11.1. The van der Waals surface area contributed by atoms with Gasteiger partial charge in [0.15, 0.2) is 0 Å². The number of aryl methyl sites for hydroxylation is 1. The summed E-state index contributed by atoms with van der Waals surface area (Å²) in [5.74, 6) is 0. The smallest absolute Gasteiger partial charge is 0.107 e. The number of aromatic nitrogens is 1. The van der Waals surface area contributed by atoms with Gasteiger partial charge in [0.05, 0.1) is 6.54 Å². The zero-order chi connectivity index (χ0) is 12.3. The first-order valence-corrected chi connectivity index (χ1v) is 7.44. The van der Waals surface area contributed by atoms with E-state index in [-0.39, 0.29) is 0 Å². The first-order chi connectivity index (χ1) is 8.17. The molecular formula is C13H23N3S. The highest BCUT2D eigenvalue weighted by atomic mass is 32.1. The van der Waals surface area contributed by atoms with Crippen molar-refractivity contribution in [3.8, 4) is 0 Å². The lowest BCUT2D eigenvalue weighted by Gasteiger charge is -2.42. The van der Waals surface area contributed by atoms with Crippen LogP contribution in [-0.4, -0.2) is 35.1 Å². The van der Waals surface area contributed by atoms with Gasteiger partial charge in [0.2, 0.25) is 0 Å². The number of nitrogens with zero attached hydrogens (tertiary/aromatic N) is 2. The predicted octanol–water partition coefficient (Wildman–Crippen LogP) is 2.42. The molecule has 0 aliphatic carbocycles. The molecule has 4 heteroatoms. The standard InChI is InChI=1S/C13H23N3S/c1-4-13(5-2)10-16(7-6-14-13)8-12-15-11(3)9-17-12/h9,14H,4-8,10H2,1-3H3. The second-order valence-corrected chi connectivity index (χ2v) is 5.95. The van der Waals surface area contributed by atoms with Gasteiger partial charge in [0.25, 0.3) is 0 Å². The number of thiazole rings is 1. The van der Waals surface area contributed by atoms with Crippen molar-refractivity contribution < 1.29 is 0 Å². The van der Waals surface area contributed by atoms with Crippen LogP contribution in [0.2, 0.25) is 0 Å². The van der Waals surface area contributed by atoms with Gasteiger partial charge in [-0.2, -0.15) is 0 Å². The number of piperazine rings is 1. The monoisotopic (exact) mass is 253 g/mol. The Hall–Kier alpha value is -0.450. The Morgan fingerprint density at radius 1 is 1.47 bits per heavy atom. The van der Waals surface area contributed by atoms with Crippen LogP contribution in [0.5, 0.6) is 0 Å². The van der Waals surface area contributed by atoms with Gasteiger partial charge >= 0.3 is 0 Å². The molecule has 17 heavy (non-hydrogen) atoms. The van der Waals surface area contributed by atoms with E-state index in [0.29, 0.717) is 5.54 Å². The Kier molecular flexibility index (Phi) is 4.17. The zero-order valence-corrected chi connectivity index (χ0v) is 11.9. The number of hydrogen-bond acceptors (Lipinski definition) is 4. The molecule has 1 saturated heterocycles. The molecule has 96 valence electrons. The summed E-state index contributed by atoms with van der Waals surface area (Å²) in [6.07, 6.45) is 2.41. The fourth-order valence-corrected chi connectivity index (χ4v) is 3.38. The third-order valence-corrected chi connectivity index (χ3v) is 4.78. The second-order valence-electron chi connectivity index (χ2n) is 5.01. The van der Waals surface area contributed by atoms with Crippen LogP contribution in [0.4, 0.5) is 0 Å². The Balaban J connectivity index is 1.98. The van der Waals surface area contributed by atoms with Crippen LogP contribution in [0, 0.1) is 6.92 Å². The Morgan fingerprint density at radius 3 is 2.82 bits per heavy atom. The summed E-state index contributed by atoms with van der Waals surface area (Å²) >= 11 is 1.79. The molecule has 1 aromatic rings. The molecule has 1 N–H and O–H groups in total. The van der Waals surface area contributed by atoms with E-state index in [9.17, 15) is 0 Å². The fraction of sp³-hybridized carbons (Fsp3) is 0.769. The average Bonchev–Trinajstić information content (AvgIpc) is 2.75. The summed E-state index contributed by atoms with van der Waals surface area (Å²) < 4.78 is 0. The summed E-state index contributed by atoms with van der Waals surface area (Å²) in [6, 6.07) is 0. The van der Waals surface area contributed by atoms with E-state index in [0.717, 1.165) is 31.9 Å². The average molecular weight is 253 g/mol. The number of rotatable bonds is 4. The van der Waals surface area contributed by atoms with Gasteiger partial charge in [-0.1, -0.05) is 13.8 Å². The van der Waals surface area contributed by atoms with Crippen molar-refractivity contribution in [2.75, 3.05) is 19.6 Å². The Morgan fingerprint density at radius 2 is 2.24 bits per heavy atom. The lowest BCUT2D eigenvalue weighted by Crippen LogP contribution is -2.59. The van der Waals surface area contributed by atoms with Crippen LogP contribution >= 0.6 is 11.3 Å². The van der Waals surface area contributed by atoms with Crippen molar-refractivity contribution in [1.29, 1.82) is 0 Å². The topological polar surface area (TPSA) is 28.2 Å². The van der Waals surface area contributed by atoms with Crippen LogP contribution < -0.4 is 5.32 Å². The normalized spacial score (nSPS) is 20.6. The summed E-state index contributed by atoms with van der Waals surface area (Å²) in [6.45, 7) is 11.0. The van der Waals surface area contributed by atoms with Crippen LogP contribution in [0.25, 0.3) is 0 Å². The maximum absolute atomic E-state index is 4.56. The van der Waals surface area contributed by atoms with Crippen LogP contribution in [0.1, 0.15) is 37.4 Å². The molecular weight excluding hydrogens is 230 g/mol. The van der Waals surface area contributed by atoms with Crippen molar-refractivity contribution >= 4 is 11.3 Å². The minimum Gasteiger partial charge on any atom is -0.309 e. The SMILES string of the molecule is CCC1(CC)CN(Cc2nc(C)cs2)CCN1. The van der Waals surface area contributed by atoms with Gasteiger partial charge in [-0.05, 0) is 19.8 Å².